The van der Waals surface area contributed by atoms with Crippen molar-refractivity contribution in [3.63, 3.8) is 0 Å². The van der Waals surface area contributed by atoms with Crippen molar-refractivity contribution in [1.29, 1.82) is 0 Å². The van der Waals surface area contributed by atoms with Gasteiger partial charge in [-0.05, 0) is 48.4 Å². The minimum atomic E-state index is -3.69. The number of benzene rings is 2. The second kappa shape index (κ2) is 9.63. The Morgan fingerprint density at radius 1 is 1.03 bits per heavy atom. The van der Waals surface area contributed by atoms with E-state index in [1.165, 1.54) is 4.31 Å². The molecule has 0 atom stereocenters. The van der Waals surface area contributed by atoms with Crippen molar-refractivity contribution in [2.75, 3.05) is 20.8 Å². The third kappa shape index (κ3) is 5.21. The fourth-order valence-corrected chi connectivity index (χ4v) is 4.78. The second-order valence-corrected chi connectivity index (χ2v) is 9.61. The monoisotopic (exact) mass is 493 g/mol. The fourth-order valence-electron chi connectivity index (χ4n) is 3.09. The van der Waals surface area contributed by atoms with Gasteiger partial charge in [0, 0.05) is 36.4 Å². The Balaban J connectivity index is 1.87. The van der Waals surface area contributed by atoms with E-state index in [0.717, 1.165) is 15.6 Å². The van der Waals surface area contributed by atoms with Crippen LogP contribution in [0, 0.1) is 0 Å². The predicted molar refractivity (Wildman–Crippen MR) is 118 cm³/mol. The largest absolute Gasteiger partial charge is 0.493 e. The molecule has 0 aliphatic rings. The van der Waals surface area contributed by atoms with E-state index in [1.807, 2.05) is 24.4 Å². The van der Waals surface area contributed by atoms with Crippen molar-refractivity contribution in [2.45, 2.75) is 17.9 Å². The fraction of sp³-hybridized carbons (Fsp3) is 0.286. The maximum Gasteiger partial charge on any atom is 0.243 e. The summed E-state index contributed by atoms with van der Waals surface area (Å²) in [6.07, 6.45) is 4.03. The number of rotatable bonds is 9. The molecule has 7 nitrogen and oxygen atoms in total. The van der Waals surface area contributed by atoms with Crippen LogP contribution < -0.4 is 9.47 Å². The van der Waals surface area contributed by atoms with Gasteiger partial charge in [0.25, 0.3) is 0 Å². The van der Waals surface area contributed by atoms with Crippen molar-refractivity contribution in [1.82, 2.24) is 14.1 Å². The van der Waals surface area contributed by atoms with Gasteiger partial charge in [0.05, 0.1) is 25.3 Å². The lowest BCUT2D eigenvalue weighted by Crippen LogP contribution is -2.32. The van der Waals surface area contributed by atoms with E-state index in [0.29, 0.717) is 24.5 Å². The number of sulfonamides is 1. The molecule has 0 spiro atoms. The summed E-state index contributed by atoms with van der Waals surface area (Å²) >= 11 is 3.35. The van der Waals surface area contributed by atoms with Gasteiger partial charge in [-0.15, -0.1) is 0 Å². The zero-order chi connectivity index (χ0) is 21.7. The number of hydrogen-bond donors (Lipinski definition) is 0. The van der Waals surface area contributed by atoms with Crippen LogP contribution in [0.15, 0.2) is 64.2 Å². The topological polar surface area (TPSA) is 73.7 Å². The van der Waals surface area contributed by atoms with E-state index in [2.05, 4.69) is 21.0 Å². The number of aromatic nitrogens is 2. The summed E-state index contributed by atoms with van der Waals surface area (Å²) < 4.78 is 41.3. The molecule has 0 fully saturated rings. The maximum atomic E-state index is 13.3. The van der Waals surface area contributed by atoms with Crippen LogP contribution in [0.1, 0.15) is 11.1 Å². The van der Waals surface area contributed by atoms with Crippen LogP contribution in [-0.4, -0.2) is 43.3 Å². The SMILES string of the molecule is COc1ccc(CCN(Cc2cnn(C)c2)S(=O)(=O)c2ccc(Br)cc2)cc1OC. The van der Waals surface area contributed by atoms with Gasteiger partial charge < -0.3 is 9.47 Å². The summed E-state index contributed by atoms with van der Waals surface area (Å²) in [7, 11) is 1.28. The Morgan fingerprint density at radius 3 is 2.33 bits per heavy atom. The highest BCUT2D eigenvalue weighted by Gasteiger charge is 2.25. The summed E-state index contributed by atoms with van der Waals surface area (Å²) in [5.74, 6) is 1.25. The molecule has 0 bridgehead atoms. The predicted octanol–water partition coefficient (Wildman–Crippen LogP) is 3.63. The molecule has 0 saturated carbocycles. The Kier molecular flexibility index (Phi) is 7.17. The lowest BCUT2D eigenvalue weighted by molar-refractivity contribution is 0.354. The van der Waals surface area contributed by atoms with Crippen molar-refractivity contribution in [3.05, 3.63) is 70.5 Å². The van der Waals surface area contributed by atoms with Gasteiger partial charge in [-0.2, -0.15) is 9.40 Å². The minimum absolute atomic E-state index is 0.236. The second-order valence-electron chi connectivity index (χ2n) is 6.75. The number of aryl methyl sites for hydroxylation is 1. The molecule has 30 heavy (non-hydrogen) atoms. The lowest BCUT2D eigenvalue weighted by Gasteiger charge is -2.22. The molecule has 1 aromatic heterocycles. The van der Waals surface area contributed by atoms with E-state index in [1.54, 1.807) is 56.4 Å². The highest BCUT2D eigenvalue weighted by Crippen LogP contribution is 2.28. The Labute approximate surface area is 185 Å². The number of methoxy groups -OCH3 is 2. The van der Waals surface area contributed by atoms with Crippen molar-refractivity contribution in [2.24, 2.45) is 7.05 Å². The normalized spacial score (nSPS) is 11.6. The van der Waals surface area contributed by atoms with E-state index >= 15 is 0 Å². The molecule has 3 aromatic rings. The van der Waals surface area contributed by atoms with Crippen LogP contribution in [0.5, 0.6) is 11.5 Å². The van der Waals surface area contributed by atoms with E-state index < -0.39 is 10.0 Å². The Bertz CT molecular complexity index is 1100. The van der Waals surface area contributed by atoms with Crippen LogP contribution in [0.3, 0.4) is 0 Å². The summed E-state index contributed by atoms with van der Waals surface area (Å²) in [6, 6.07) is 12.3. The molecule has 9 heteroatoms. The first-order valence-corrected chi connectivity index (χ1v) is 11.5. The van der Waals surface area contributed by atoms with E-state index in [9.17, 15) is 8.42 Å². The molecule has 0 amide bonds. The van der Waals surface area contributed by atoms with E-state index in [4.69, 9.17) is 9.47 Å². The molecule has 2 aromatic carbocycles. The first-order chi connectivity index (χ1) is 14.3. The summed E-state index contributed by atoms with van der Waals surface area (Å²) in [4.78, 5) is 0.252. The van der Waals surface area contributed by atoms with Gasteiger partial charge in [-0.25, -0.2) is 8.42 Å². The smallest absolute Gasteiger partial charge is 0.243 e. The maximum absolute atomic E-state index is 13.3. The quantitative estimate of drug-likeness (QED) is 0.454. The van der Waals surface area contributed by atoms with Crippen molar-refractivity contribution < 1.29 is 17.9 Å². The third-order valence-corrected chi connectivity index (χ3v) is 7.05. The number of hydrogen-bond acceptors (Lipinski definition) is 5. The minimum Gasteiger partial charge on any atom is -0.493 e. The summed E-state index contributed by atoms with van der Waals surface area (Å²) in [5.41, 5.74) is 1.78. The van der Waals surface area contributed by atoms with Crippen LogP contribution in [0.25, 0.3) is 0 Å². The molecular weight excluding hydrogens is 470 g/mol. The van der Waals surface area contributed by atoms with Crippen LogP contribution in [-0.2, 0) is 30.0 Å². The molecule has 0 N–H and O–H groups in total. The van der Waals surface area contributed by atoms with Crippen LogP contribution >= 0.6 is 15.9 Å². The molecule has 0 aliphatic heterocycles. The first kappa shape index (κ1) is 22.3. The highest BCUT2D eigenvalue weighted by atomic mass is 79.9. The summed E-state index contributed by atoms with van der Waals surface area (Å²) in [6.45, 7) is 0.544. The standard InChI is InChI=1S/C21H24BrN3O4S/c1-24-14-17(13-23-24)15-25(30(26,27)19-7-5-18(22)6-8-19)11-10-16-4-9-20(28-2)21(12-16)29-3/h4-9,12-14H,10-11,15H2,1-3H3. The van der Waals surface area contributed by atoms with Crippen LogP contribution in [0.4, 0.5) is 0 Å². The Hall–Kier alpha value is -2.36. The van der Waals surface area contributed by atoms with Gasteiger partial charge in [0.15, 0.2) is 11.5 Å². The van der Waals surface area contributed by atoms with Gasteiger partial charge in [0.2, 0.25) is 10.0 Å². The summed E-state index contributed by atoms with van der Waals surface area (Å²) in [5, 5.41) is 4.15. The molecule has 3 rings (SSSR count). The molecular formula is C21H24BrN3O4S. The van der Waals surface area contributed by atoms with Gasteiger partial charge in [0.1, 0.15) is 0 Å². The van der Waals surface area contributed by atoms with Crippen molar-refractivity contribution in [3.8, 4) is 11.5 Å². The highest BCUT2D eigenvalue weighted by molar-refractivity contribution is 9.10. The van der Waals surface area contributed by atoms with Crippen molar-refractivity contribution >= 4 is 26.0 Å². The molecule has 0 saturated heterocycles. The number of ether oxygens (including phenoxy) is 2. The molecule has 1 heterocycles. The molecule has 0 unspecified atom stereocenters. The van der Waals surface area contributed by atoms with Gasteiger partial charge in [-0.1, -0.05) is 22.0 Å². The van der Waals surface area contributed by atoms with Gasteiger partial charge >= 0.3 is 0 Å². The average molecular weight is 494 g/mol. The number of halogens is 1. The first-order valence-electron chi connectivity index (χ1n) is 9.27. The third-order valence-electron chi connectivity index (χ3n) is 4.67. The van der Waals surface area contributed by atoms with Gasteiger partial charge in [-0.3, -0.25) is 4.68 Å². The molecule has 160 valence electrons. The zero-order valence-electron chi connectivity index (χ0n) is 17.1. The Morgan fingerprint density at radius 2 is 1.73 bits per heavy atom. The van der Waals surface area contributed by atoms with E-state index in [-0.39, 0.29) is 11.4 Å². The molecule has 0 radical (unpaired) electrons. The molecule has 0 aliphatic carbocycles. The average Bonchev–Trinajstić information content (AvgIpc) is 3.15. The number of nitrogens with zero attached hydrogens (tertiary/aromatic N) is 3. The van der Waals surface area contributed by atoms with Crippen LogP contribution in [0.2, 0.25) is 0 Å². The lowest BCUT2D eigenvalue weighted by atomic mass is 10.1. The zero-order valence-corrected chi connectivity index (χ0v) is 19.5.